The highest BCUT2D eigenvalue weighted by Gasteiger charge is 2.36. The molecule has 0 bridgehead atoms. The molecule has 0 aliphatic carbocycles. The predicted octanol–water partition coefficient (Wildman–Crippen LogP) is 1.55. The Morgan fingerprint density at radius 2 is 2.20 bits per heavy atom. The number of ether oxygens (including phenoxy) is 1. The number of carbonyl (C=O) groups excluding carboxylic acids is 1. The Kier molecular flexibility index (Phi) is 3.63. The van der Waals surface area contributed by atoms with Gasteiger partial charge >= 0.3 is 5.69 Å². The van der Waals surface area contributed by atoms with Crippen LogP contribution in [0.25, 0.3) is 0 Å². The second-order valence-corrected chi connectivity index (χ2v) is 5.25. The Bertz CT molecular complexity index is 556. The summed E-state index contributed by atoms with van der Waals surface area (Å²) in [5, 5.41) is 20.7. The second-order valence-electron chi connectivity index (χ2n) is 5.25. The first-order valence-corrected chi connectivity index (χ1v) is 6.20. The lowest BCUT2D eigenvalue weighted by atomic mass is 10.0. The average Bonchev–Trinajstić information content (AvgIpc) is 2.37. The van der Waals surface area contributed by atoms with Crippen molar-refractivity contribution in [2.45, 2.75) is 19.4 Å². The number of para-hydroxylation sites is 1. The normalized spacial score (nSPS) is 17.8. The predicted molar refractivity (Wildman–Crippen MR) is 70.7 cm³/mol. The summed E-state index contributed by atoms with van der Waals surface area (Å²) in [4.78, 5) is 24.2. The lowest BCUT2D eigenvalue weighted by Gasteiger charge is -2.42. The third-order valence-electron chi connectivity index (χ3n) is 3.33. The molecule has 108 valence electrons. The molecule has 0 atom stereocenters. The molecule has 0 unspecified atom stereocenters. The SMILES string of the molecule is CC1(C)COCCN1C(=O)c1cccc([N+](=O)[O-])c1O. The van der Waals surface area contributed by atoms with Gasteiger partial charge in [0.25, 0.3) is 5.91 Å². The van der Waals surface area contributed by atoms with E-state index in [-0.39, 0.29) is 5.56 Å². The number of aromatic hydroxyl groups is 1. The number of morpholine rings is 1. The molecular formula is C13H16N2O5. The largest absolute Gasteiger partial charge is 0.502 e. The zero-order valence-electron chi connectivity index (χ0n) is 11.3. The molecule has 1 amide bonds. The molecule has 2 rings (SSSR count). The Labute approximate surface area is 115 Å². The number of phenolic OH excluding ortho intramolecular Hbond substituents is 1. The second kappa shape index (κ2) is 5.09. The quantitative estimate of drug-likeness (QED) is 0.655. The van der Waals surface area contributed by atoms with Crippen molar-refractivity contribution in [1.82, 2.24) is 4.90 Å². The fraction of sp³-hybridized carbons (Fsp3) is 0.462. The van der Waals surface area contributed by atoms with E-state index in [1.165, 1.54) is 12.1 Å². The number of rotatable bonds is 2. The number of hydrogen-bond donors (Lipinski definition) is 1. The molecule has 1 fully saturated rings. The number of nitro benzene ring substituents is 1. The Balaban J connectivity index is 2.39. The molecular weight excluding hydrogens is 264 g/mol. The van der Waals surface area contributed by atoms with Crippen LogP contribution in [0.5, 0.6) is 5.75 Å². The van der Waals surface area contributed by atoms with Crippen LogP contribution in [0.3, 0.4) is 0 Å². The van der Waals surface area contributed by atoms with Crippen molar-refractivity contribution in [2.75, 3.05) is 19.8 Å². The van der Waals surface area contributed by atoms with Crippen LogP contribution < -0.4 is 0 Å². The summed E-state index contributed by atoms with van der Waals surface area (Å²) in [6, 6.07) is 3.94. The topological polar surface area (TPSA) is 92.9 Å². The fourth-order valence-corrected chi connectivity index (χ4v) is 2.23. The van der Waals surface area contributed by atoms with Crippen molar-refractivity contribution < 1.29 is 19.6 Å². The van der Waals surface area contributed by atoms with Crippen LogP contribution >= 0.6 is 0 Å². The maximum absolute atomic E-state index is 12.5. The van der Waals surface area contributed by atoms with E-state index >= 15 is 0 Å². The molecule has 1 aliphatic rings. The molecule has 1 N–H and O–H groups in total. The van der Waals surface area contributed by atoms with Crippen molar-refractivity contribution in [3.63, 3.8) is 0 Å². The highest BCUT2D eigenvalue weighted by Crippen LogP contribution is 2.32. The maximum atomic E-state index is 12.5. The van der Waals surface area contributed by atoms with Crippen molar-refractivity contribution in [3.05, 3.63) is 33.9 Å². The molecule has 0 saturated carbocycles. The van der Waals surface area contributed by atoms with E-state index in [2.05, 4.69) is 0 Å². The molecule has 7 nitrogen and oxygen atoms in total. The Morgan fingerprint density at radius 1 is 1.50 bits per heavy atom. The van der Waals surface area contributed by atoms with Crippen LogP contribution in [-0.4, -0.2) is 46.1 Å². The zero-order valence-corrected chi connectivity index (χ0v) is 11.3. The van der Waals surface area contributed by atoms with Gasteiger partial charge in [-0.1, -0.05) is 6.07 Å². The van der Waals surface area contributed by atoms with E-state index in [0.717, 1.165) is 6.07 Å². The first-order valence-electron chi connectivity index (χ1n) is 6.20. The van der Waals surface area contributed by atoms with Gasteiger partial charge in [0.1, 0.15) is 0 Å². The zero-order chi connectivity index (χ0) is 14.9. The summed E-state index contributed by atoms with van der Waals surface area (Å²) in [6.45, 7) is 4.87. The van der Waals surface area contributed by atoms with Gasteiger partial charge in [-0.3, -0.25) is 14.9 Å². The van der Waals surface area contributed by atoms with Crippen LogP contribution in [0, 0.1) is 10.1 Å². The van der Waals surface area contributed by atoms with Crippen LogP contribution in [0.2, 0.25) is 0 Å². The number of phenols is 1. The van der Waals surface area contributed by atoms with Crippen molar-refractivity contribution >= 4 is 11.6 Å². The molecule has 0 aromatic heterocycles. The highest BCUT2D eigenvalue weighted by atomic mass is 16.6. The average molecular weight is 280 g/mol. The smallest absolute Gasteiger partial charge is 0.311 e. The molecule has 1 saturated heterocycles. The van der Waals surface area contributed by atoms with Gasteiger partial charge in [-0.25, -0.2) is 0 Å². The van der Waals surface area contributed by atoms with Gasteiger partial charge in [0.15, 0.2) is 0 Å². The van der Waals surface area contributed by atoms with E-state index in [9.17, 15) is 20.0 Å². The number of nitrogens with zero attached hydrogens (tertiary/aromatic N) is 2. The van der Waals surface area contributed by atoms with Crippen molar-refractivity contribution in [1.29, 1.82) is 0 Å². The van der Waals surface area contributed by atoms with Gasteiger partial charge in [-0.15, -0.1) is 0 Å². The standard InChI is InChI=1S/C13H16N2O5/c1-13(2)8-20-7-6-14(13)12(17)9-4-3-5-10(11(9)16)15(18)19/h3-5,16H,6-8H2,1-2H3. The number of benzene rings is 1. The number of hydrogen-bond acceptors (Lipinski definition) is 5. The fourth-order valence-electron chi connectivity index (χ4n) is 2.23. The Hall–Kier alpha value is -2.15. The number of carbonyl (C=O) groups is 1. The lowest BCUT2D eigenvalue weighted by molar-refractivity contribution is -0.385. The highest BCUT2D eigenvalue weighted by molar-refractivity contribution is 5.98. The van der Waals surface area contributed by atoms with E-state index < -0.39 is 27.8 Å². The molecule has 1 aliphatic heterocycles. The molecule has 1 aromatic rings. The molecule has 1 heterocycles. The van der Waals surface area contributed by atoms with Gasteiger partial charge in [-0.2, -0.15) is 0 Å². The number of amides is 1. The van der Waals surface area contributed by atoms with Gasteiger partial charge < -0.3 is 14.7 Å². The van der Waals surface area contributed by atoms with Gasteiger partial charge in [0, 0.05) is 12.6 Å². The minimum absolute atomic E-state index is 0.0609. The lowest BCUT2D eigenvalue weighted by Crippen LogP contribution is -2.55. The Morgan fingerprint density at radius 3 is 2.80 bits per heavy atom. The third-order valence-corrected chi connectivity index (χ3v) is 3.33. The van der Waals surface area contributed by atoms with E-state index in [0.29, 0.717) is 19.8 Å². The van der Waals surface area contributed by atoms with Gasteiger partial charge in [0.05, 0.1) is 29.2 Å². The van der Waals surface area contributed by atoms with E-state index in [4.69, 9.17) is 4.74 Å². The van der Waals surface area contributed by atoms with Crippen LogP contribution in [-0.2, 0) is 4.74 Å². The monoisotopic (exact) mass is 280 g/mol. The molecule has 20 heavy (non-hydrogen) atoms. The van der Waals surface area contributed by atoms with E-state index in [1.54, 1.807) is 4.90 Å². The summed E-state index contributed by atoms with van der Waals surface area (Å²) in [5.41, 5.74) is -1.05. The molecule has 1 aromatic carbocycles. The van der Waals surface area contributed by atoms with Gasteiger partial charge in [0.2, 0.25) is 5.75 Å². The molecule has 0 spiro atoms. The van der Waals surface area contributed by atoms with Crippen LogP contribution in [0.15, 0.2) is 18.2 Å². The molecule has 0 radical (unpaired) electrons. The molecule has 7 heteroatoms. The number of nitro groups is 1. The van der Waals surface area contributed by atoms with Crippen LogP contribution in [0.1, 0.15) is 24.2 Å². The van der Waals surface area contributed by atoms with E-state index in [1.807, 2.05) is 13.8 Å². The summed E-state index contributed by atoms with van der Waals surface area (Å²) >= 11 is 0. The third kappa shape index (κ3) is 2.44. The van der Waals surface area contributed by atoms with Crippen LogP contribution in [0.4, 0.5) is 5.69 Å². The minimum atomic E-state index is -0.712. The first-order chi connectivity index (χ1) is 9.34. The first kappa shape index (κ1) is 14.3. The summed E-state index contributed by atoms with van der Waals surface area (Å²) in [5.74, 6) is -1.02. The minimum Gasteiger partial charge on any atom is -0.502 e. The summed E-state index contributed by atoms with van der Waals surface area (Å²) in [7, 11) is 0. The van der Waals surface area contributed by atoms with Crippen molar-refractivity contribution in [3.8, 4) is 5.75 Å². The van der Waals surface area contributed by atoms with Crippen molar-refractivity contribution in [2.24, 2.45) is 0 Å². The van der Waals surface area contributed by atoms with Gasteiger partial charge in [-0.05, 0) is 19.9 Å². The summed E-state index contributed by atoms with van der Waals surface area (Å²) in [6.07, 6.45) is 0. The maximum Gasteiger partial charge on any atom is 0.311 e. The summed E-state index contributed by atoms with van der Waals surface area (Å²) < 4.78 is 5.33.